The van der Waals surface area contributed by atoms with E-state index in [9.17, 15) is 4.39 Å². The Morgan fingerprint density at radius 3 is 2.59 bits per heavy atom. The van der Waals surface area contributed by atoms with Crippen molar-refractivity contribution in [1.29, 1.82) is 0 Å². The lowest BCUT2D eigenvalue weighted by Crippen LogP contribution is -2.00. The predicted molar refractivity (Wildman–Crippen MR) is 69.6 cm³/mol. The Hall–Kier alpha value is -1.83. The third-order valence-electron chi connectivity index (χ3n) is 2.74. The average Bonchev–Trinajstić information content (AvgIpc) is 2.31. The summed E-state index contributed by atoms with van der Waals surface area (Å²) < 4.78 is 13.1. The Labute approximate surface area is 101 Å². The molecule has 0 saturated heterocycles. The molecule has 0 bridgehead atoms. The minimum absolute atomic E-state index is 0.161. The van der Waals surface area contributed by atoms with Crippen molar-refractivity contribution in [3.05, 3.63) is 65.0 Å². The fraction of sp³-hybridized carbons (Fsp3) is 0.200. The molecule has 17 heavy (non-hydrogen) atoms. The summed E-state index contributed by atoms with van der Waals surface area (Å²) in [5.41, 5.74) is 4.09. The quantitative estimate of drug-likeness (QED) is 0.837. The van der Waals surface area contributed by atoms with E-state index in [-0.39, 0.29) is 5.82 Å². The maximum atomic E-state index is 13.1. The molecule has 0 fully saturated rings. The highest BCUT2D eigenvalue weighted by Crippen LogP contribution is 2.15. The van der Waals surface area contributed by atoms with Crippen molar-refractivity contribution in [2.75, 3.05) is 5.32 Å². The van der Waals surface area contributed by atoms with Crippen molar-refractivity contribution in [3.63, 3.8) is 0 Å². The number of rotatable bonds is 3. The SMILES string of the molecule is Cc1cccc(CNc2ccc(F)c(C)c2)c1. The van der Waals surface area contributed by atoms with Gasteiger partial charge < -0.3 is 5.32 Å². The Kier molecular flexibility index (Phi) is 3.43. The van der Waals surface area contributed by atoms with Crippen LogP contribution in [0.3, 0.4) is 0 Å². The third kappa shape index (κ3) is 3.06. The Morgan fingerprint density at radius 1 is 1.06 bits per heavy atom. The Balaban J connectivity index is 2.05. The van der Waals surface area contributed by atoms with Crippen molar-refractivity contribution < 1.29 is 4.39 Å². The van der Waals surface area contributed by atoms with Gasteiger partial charge in [-0.3, -0.25) is 0 Å². The fourth-order valence-corrected chi connectivity index (χ4v) is 1.78. The lowest BCUT2D eigenvalue weighted by atomic mass is 10.1. The second-order valence-electron chi connectivity index (χ2n) is 4.31. The van der Waals surface area contributed by atoms with Crippen LogP contribution < -0.4 is 5.32 Å². The van der Waals surface area contributed by atoms with Crippen LogP contribution in [0.15, 0.2) is 42.5 Å². The molecule has 2 rings (SSSR count). The molecule has 2 aromatic carbocycles. The molecular formula is C15H16FN. The van der Waals surface area contributed by atoms with Gasteiger partial charge in [0.2, 0.25) is 0 Å². The Morgan fingerprint density at radius 2 is 1.88 bits per heavy atom. The molecule has 0 aliphatic heterocycles. The van der Waals surface area contributed by atoms with Gasteiger partial charge in [-0.1, -0.05) is 29.8 Å². The van der Waals surface area contributed by atoms with Gasteiger partial charge in [0.25, 0.3) is 0 Å². The van der Waals surface area contributed by atoms with E-state index in [1.807, 2.05) is 12.1 Å². The summed E-state index contributed by atoms with van der Waals surface area (Å²) >= 11 is 0. The number of aryl methyl sites for hydroxylation is 2. The van der Waals surface area contributed by atoms with Gasteiger partial charge in [-0.25, -0.2) is 4.39 Å². The van der Waals surface area contributed by atoms with E-state index >= 15 is 0 Å². The minimum atomic E-state index is -0.161. The first kappa shape index (κ1) is 11.6. The predicted octanol–water partition coefficient (Wildman–Crippen LogP) is 4.05. The number of hydrogen-bond acceptors (Lipinski definition) is 1. The number of nitrogens with one attached hydrogen (secondary N) is 1. The molecule has 0 atom stereocenters. The standard InChI is InChI=1S/C15H16FN/c1-11-4-3-5-13(8-11)10-17-14-6-7-15(16)12(2)9-14/h3-9,17H,10H2,1-2H3. The van der Waals surface area contributed by atoms with E-state index in [0.29, 0.717) is 5.56 Å². The van der Waals surface area contributed by atoms with Gasteiger partial charge >= 0.3 is 0 Å². The number of hydrogen-bond donors (Lipinski definition) is 1. The zero-order valence-corrected chi connectivity index (χ0v) is 10.1. The van der Waals surface area contributed by atoms with E-state index in [1.54, 1.807) is 13.0 Å². The molecule has 1 nitrogen and oxygen atoms in total. The number of halogens is 1. The van der Waals surface area contributed by atoms with Crippen molar-refractivity contribution in [2.24, 2.45) is 0 Å². The maximum absolute atomic E-state index is 13.1. The summed E-state index contributed by atoms with van der Waals surface area (Å²) in [7, 11) is 0. The van der Waals surface area contributed by atoms with Crippen molar-refractivity contribution in [3.8, 4) is 0 Å². The lowest BCUT2D eigenvalue weighted by molar-refractivity contribution is 0.618. The van der Waals surface area contributed by atoms with Crippen LogP contribution in [0.4, 0.5) is 10.1 Å². The number of benzene rings is 2. The monoisotopic (exact) mass is 229 g/mol. The van der Waals surface area contributed by atoms with Gasteiger partial charge in [-0.05, 0) is 43.2 Å². The van der Waals surface area contributed by atoms with E-state index < -0.39 is 0 Å². The van der Waals surface area contributed by atoms with Crippen LogP contribution in [0.25, 0.3) is 0 Å². The molecular weight excluding hydrogens is 213 g/mol. The first-order chi connectivity index (χ1) is 8.15. The lowest BCUT2D eigenvalue weighted by Gasteiger charge is -2.08. The van der Waals surface area contributed by atoms with Crippen LogP contribution in [0.1, 0.15) is 16.7 Å². The number of anilines is 1. The molecule has 0 aliphatic rings. The van der Waals surface area contributed by atoms with Crippen LogP contribution in [0, 0.1) is 19.7 Å². The summed E-state index contributed by atoms with van der Waals surface area (Å²) in [5.74, 6) is -0.161. The van der Waals surface area contributed by atoms with Crippen LogP contribution in [0.5, 0.6) is 0 Å². The van der Waals surface area contributed by atoms with E-state index in [0.717, 1.165) is 12.2 Å². The van der Waals surface area contributed by atoms with Crippen LogP contribution in [-0.4, -0.2) is 0 Å². The van der Waals surface area contributed by atoms with Gasteiger partial charge in [0, 0.05) is 12.2 Å². The topological polar surface area (TPSA) is 12.0 Å². The highest BCUT2D eigenvalue weighted by atomic mass is 19.1. The summed E-state index contributed by atoms with van der Waals surface area (Å²) in [4.78, 5) is 0. The molecule has 0 heterocycles. The van der Waals surface area contributed by atoms with Gasteiger partial charge in [-0.15, -0.1) is 0 Å². The molecule has 88 valence electrons. The molecule has 2 heteroatoms. The summed E-state index contributed by atoms with van der Waals surface area (Å²) in [6.07, 6.45) is 0. The third-order valence-corrected chi connectivity index (χ3v) is 2.74. The molecule has 2 aromatic rings. The molecule has 0 saturated carbocycles. The molecule has 0 spiro atoms. The second kappa shape index (κ2) is 5.00. The van der Waals surface area contributed by atoms with Gasteiger partial charge in [-0.2, -0.15) is 0 Å². The maximum Gasteiger partial charge on any atom is 0.126 e. The molecule has 0 aliphatic carbocycles. The first-order valence-electron chi connectivity index (χ1n) is 5.71. The molecule has 1 N–H and O–H groups in total. The van der Waals surface area contributed by atoms with Gasteiger partial charge in [0.05, 0.1) is 0 Å². The summed E-state index contributed by atoms with van der Waals surface area (Å²) in [6.45, 7) is 4.60. The average molecular weight is 229 g/mol. The molecule has 0 aromatic heterocycles. The van der Waals surface area contributed by atoms with Gasteiger partial charge in [0.15, 0.2) is 0 Å². The van der Waals surface area contributed by atoms with Crippen LogP contribution >= 0.6 is 0 Å². The van der Waals surface area contributed by atoms with E-state index in [4.69, 9.17) is 0 Å². The first-order valence-corrected chi connectivity index (χ1v) is 5.71. The van der Waals surface area contributed by atoms with E-state index in [1.165, 1.54) is 17.2 Å². The van der Waals surface area contributed by atoms with Crippen molar-refractivity contribution in [1.82, 2.24) is 0 Å². The largest absolute Gasteiger partial charge is 0.381 e. The highest BCUT2D eigenvalue weighted by molar-refractivity contribution is 5.46. The normalized spacial score (nSPS) is 10.3. The van der Waals surface area contributed by atoms with E-state index in [2.05, 4.69) is 30.4 Å². The Bertz CT molecular complexity index is 520. The van der Waals surface area contributed by atoms with Crippen LogP contribution in [0.2, 0.25) is 0 Å². The van der Waals surface area contributed by atoms with Crippen LogP contribution in [-0.2, 0) is 6.54 Å². The zero-order valence-electron chi connectivity index (χ0n) is 10.1. The smallest absolute Gasteiger partial charge is 0.126 e. The highest BCUT2D eigenvalue weighted by Gasteiger charge is 1.99. The minimum Gasteiger partial charge on any atom is -0.381 e. The molecule has 0 amide bonds. The van der Waals surface area contributed by atoms with Crippen molar-refractivity contribution in [2.45, 2.75) is 20.4 Å². The zero-order chi connectivity index (χ0) is 12.3. The molecule has 0 unspecified atom stereocenters. The molecule has 0 radical (unpaired) electrons. The fourth-order valence-electron chi connectivity index (χ4n) is 1.78. The van der Waals surface area contributed by atoms with Gasteiger partial charge in [0.1, 0.15) is 5.82 Å². The second-order valence-corrected chi connectivity index (χ2v) is 4.31. The summed E-state index contributed by atoms with van der Waals surface area (Å²) in [5, 5.41) is 3.29. The summed E-state index contributed by atoms with van der Waals surface area (Å²) in [6, 6.07) is 13.4. The van der Waals surface area contributed by atoms with Crippen molar-refractivity contribution >= 4 is 5.69 Å².